The lowest BCUT2D eigenvalue weighted by molar-refractivity contribution is -0.206. The molecule has 0 radical (unpaired) electrons. The number of nitrogens with one attached hydrogen (secondary N) is 1. The Balaban J connectivity index is 3.73. The molecular formula is C9H12F3NO2. The first-order valence-corrected chi connectivity index (χ1v) is 4.26. The number of carbonyl (C=O) groups is 1. The van der Waals surface area contributed by atoms with Gasteiger partial charge in [-0.1, -0.05) is 13.8 Å². The van der Waals surface area contributed by atoms with E-state index in [4.69, 9.17) is 0 Å². The Bertz CT molecular complexity index is 265. The van der Waals surface area contributed by atoms with Crippen LogP contribution < -0.4 is 5.48 Å². The first-order chi connectivity index (χ1) is 6.84. The molecule has 6 heteroatoms. The van der Waals surface area contributed by atoms with Crippen molar-refractivity contribution in [1.29, 1.82) is 0 Å². The van der Waals surface area contributed by atoms with Crippen LogP contribution in [0, 0.1) is 5.92 Å². The molecule has 0 aromatic carbocycles. The van der Waals surface area contributed by atoms with E-state index >= 15 is 0 Å². The van der Waals surface area contributed by atoms with Gasteiger partial charge in [-0.15, -0.1) is 11.2 Å². The third-order valence-corrected chi connectivity index (χ3v) is 1.13. The fourth-order valence-corrected chi connectivity index (χ4v) is 0.526. The van der Waals surface area contributed by atoms with Gasteiger partial charge in [0, 0.05) is 0 Å². The SMILES string of the molecule is CC(C)C=C=CCNOC(=O)C(F)(F)F. The molecule has 0 amide bonds. The lowest BCUT2D eigenvalue weighted by Gasteiger charge is -2.05. The van der Waals surface area contributed by atoms with Gasteiger partial charge in [-0.25, -0.2) is 4.79 Å². The molecule has 0 aromatic heterocycles. The van der Waals surface area contributed by atoms with Crippen molar-refractivity contribution in [2.24, 2.45) is 5.92 Å². The average Bonchev–Trinajstić information content (AvgIpc) is 2.08. The van der Waals surface area contributed by atoms with E-state index in [1.165, 1.54) is 6.08 Å². The minimum atomic E-state index is -4.97. The average molecular weight is 223 g/mol. The molecule has 1 N–H and O–H groups in total. The standard InChI is InChI=1S/C9H12F3NO2/c1-7(2)5-3-4-6-13-15-8(14)9(10,11)12/h4-5,7,13H,6H2,1-2H3. The molecule has 15 heavy (non-hydrogen) atoms. The fourth-order valence-electron chi connectivity index (χ4n) is 0.526. The molecule has 0 bridgehead atoms. The third kappa shape index (κ3) is 7.78. The number of hydrogen-bond acceptors (Lipinski definition) is 3. The highest BCUT2D eigenvalue weighted by Gasteiger charge is 2.41. The van der Waals surface area contributed by atoms with E-state index in [0.29, 0.717) is 5.92 Å². The molecule has 3 nitrogen and oxygen atoms in total. The van der Waals surface area contributed by atoms with E-state index in [1.54, 1.807) is 6.08 Å². The molecule has 0 saturated carbocycles. The second-order valence-corrected chi connectivity index (χ2v) is 3.02. The summed E-state index contributed by atoms with van der Waals surface area (Å²) in [6.45, 7) is 3.83. The normalized spacial score (nSPS) is 10.8. The summed E-state index contributed by atoms with van der Waals surface area (Å²) in [6, 6.07) is 0. The summed E-state index contributed by atoms with van der Waals surface area (Å²) in [5.74, 6) is -1.96. The lowest BCUT2D eigenvalue weighted by Crippen LogP contribution is -2.31. The summed E-state index contributed by atoms with van der Waals surface area (Å²) < 4.78 is 34.8. The van der Waals surface area contributed by atoms with E-state index in [2.05, 4.69) is 10.6 Å². The van der Waals surface area contributed by atoms with Gasteiger partial charge in [0.1, 0.15) is 0 Å². The molecule has 0 spiro atoms. The molecule has 0 aromatic rings. The predicted octanol–water partition coefficient (Wildman–Crippen LogP) is 1.96. The van der Waals surface area contributed by atoms with Crippen molar-refractivity contribution >= 4 is 5.97 Å². The summed E-state index contributed by atoms with van der Waals surface area (Å²) in [5, 5.41) is 0. The van der Waals surface area contributed by atoms with Crippen LogP contribution in [-0.4, -0.2) is 18.7 Å². The van der Waals surface area contributed by atoms with Crippen LogP contribution in [0.25, 0.3) is 0 Å². The number of hydroxylamine groups is 1. The van der Waals surface area contributed by atoms with E-state index < -0.39 is 12.1 Å². The van der Waals surface area contributed by atoms with E-state index in [1.807, 2.05) is 19.3 Å². The van der Waals surface area contributed by atoms with Gasteiger partial charge in [-0.05, 0) is 18.1 Å². The van der Waals surface area contributed by atoms with Crippen LogP contribution in [0.15, 0.2) is 17.9 Å². The van der Waals surface area contributed by atoms with Crippen molar-refractivity contribution < 1.29 is 22.8 Å². The molecule has 0 atom stereocenters. The monoisotopic (exact) mass is 223 g/mol. The first-order valence-electron chi connectivity index (χ1n) is 4.26. The third-order valence-electron chi connectivity index (χ3n) is 1.13. The quantitative estimate of drug-likeness (QED) is 0.450. The van der Waals surface area contributed by atoms with Crippen LogP contribution in [0.2, 0.25) is 0 Å². The molecule has 0 saturated heterocycles. The zero-order valence-electron chi connectivity index (χ0n) is 8.39. The zero-order chi connectivity index (χ0) is 11.9. The van der Waals surface area contributed by atoms with Crippen molar-refractivity contribution in [1.82, 2.24) is 5.48 Å². The van der Waals surface area contributed by atoms with Crippen molar-refractivity contribution in [2.45, 2.75) is 20.0 Å². The Morgan fingerprint density at radius 1 is 1.53 bits per heavy atom. The molecule has 86 valence electrons. The van der Waals surface area contributed by atoms with E-state index in [9.17, 15) is 18.0 Å². The number of alkyl halides is 3. The van der Waals surface area contributed by atoms with Crippen molar-refractivity contribution in [2.75, 3.05) is 6.54 Å². The molecule has 0 unspecified atom stereocenters. The Hall–Kier alpha value is -1.26. The van der Waals surface area contributed by atoms with Crippen molar-refractivity contribution in [3.05, 3.63) is 17.9 Å². The topological polar surface area (TPSA) is 38.3 Å². The molecule has 0 aliphatic heterocycles. The zero-order valence-corrected chi connectivity index (χ0v) is 8.39. The highest BCUT2D eigenvalue weighted by Crippen LogP contribution is 2.15. The predicted molar refractivity (Wildman–Crippen MR) is 47.6 cm³/mol. The van der Waals surface area contributed by atoms with Crippen LogP contribution in [-0.2, 0) is 9.63 Å². The Morgan fingerprint density at radius 3 is 2.60 bits per heavy atom. The van der Waals surface area contributed by atoms with Crippen LogP contribution in [0.3, 0.4) is 0 Å². The number of carbonyl (C=O) groups excluding carboxylic acids is 1. The van der Waals surface area contributed by atoms with Crippen molar-refractivity contribution in [3.63, 3.8) is 0 Å². The van der Waals surface area contributed by atoms with Gasteiger partial charge in [0.25, 0.3) is 0 Å². The van der Waals surface area contributed by atoms with Gasteiger partial charge in [0.05, 0.1) is 6.54 Å². The van der Waals surface area contributed by atoms with Gasteiger partial charge in [-0.3, -0.25) is 0 Å². The number of hydrogen-bond donors (Lipinski definition) is 1. The van der Waals surface area contributed by atoms with Gasteiger partial charge >= 0.3 is 12.1 Å². The largest absolute Gasteiger partial charge is 0.492 e. The van der Waals surface area contributed by atoms with E-state index in [-0.39, 0.29) is 6.54 Å². The molecule has 0 aliphatic rings. The van der Waals surface area contributed by atoms with Crippen molar-refractivity contribution in [3.8, 4) is 0 Å². The van der Waals surface area contributed by atoms with Crippen LogP contribution >= 0.6 is 0 Å². The summed E-state index contributed by atoms with van der Waals surface area (Å²) in [5.41, 5.74) is 4.57. The molecular weight excluding hydrogens is 211 g/mol. The van der Waals surface area contributed by atoms with Gasteiger partial charge < -0.3 is 4.84 Å². The second kappa shape index (κ2) is 6.27. The maximum absolute atomic E-state index is 11.6. The van der Waals surface area contributed by atoms with Gasteiger partial charge in [0.2, 0.25) is 0 Å². The number of rotatable bonds is 4. The first kappa shape index (κ1) is 13.7. The summed E-state index contributed by atoms with van der Waals surface area (Å²) in [7, 11) is 0. The van der Waals surface area contributed by atoms with Gasteiger partial charge in [0.15, 0.2) is 0 Å². The Labute approximate surface area is 85.6 Å². The second-order valence-electron chi connectivity index (χ2n) is 3.02. The summed E-state index contributed by atoms with van der Waals surface area (Å²) in [6.07, 6.45) is -1.82. The minimum absolute atomic E-state index is 0.0228. The maximum Gasteiger partial charge on any atom is 0.492 e. The smallest absolute Gasteiger partial charge is 0.363 e. The fraction of sp³-hybridized carbons (Fsp3) is 0.556. The minimum Gasteiger partial charge on any atom is -0.363 e. The Morgan fingerprint density at radius 2 is 2.13 bits per heavy atom. The van der Waals surface area contributed by atoms with Crippen LogP contribution in [0.4, 0.5) is 13.2 Å². The molecule has 0 aliphatic carbocycles. The summed E-state index contributed by atoms with van der Waals surface area (Å²) in [4.78, 5) is 13.9. The number of halogens is 3. The highest BCUT2D eigenvalue weighted by molar-refractivity contribution is 5.75. The van der Waals surface area contributed by atoms with E-state index in [0.717, 1.165) is 0 Å². The maximum atomic E-state index is 11.6. The van der Waals surface area contributed by atoms with Crippen LogP contribution in [0.1, 0.15) is 13.8 Å². The lowest BCUT2D eigenvalue weighted by atomic mass is 10.2. The highest BCUT2D eigenvalue weighted by atomic mass is 19.4. The molecule has 0 rings (SSSR count). The molecule has 0 fully saturated rings. The van der Waals surface area contributed by atoms with Gasteiger partial charge in [-0.2, -0.15) is 13.2 Å². The Kier molecular flexibility index (Phi) is 5.74. The van der Waals surface area contributed by atoms with Crippen LogP contribution in [0.5, 0.6) is 0 Å². The molecule has 0 heterocycles. The summed E-state index contributed by atoms with van der Waals surface area (Å²) >= 11 is 0.